The Kier molecular flexibility index (Phi) is 6.28. The SMILES string of the molecule is CC(C)(C)c1ccc(NC(ONC2CCCCC2)c2cccnc2)cc1. The number of aromatic nitrogens is 1. The molecule has 2 N–H and O–H groups in total. The molecule has 26 heavy (non-hydrogen) atoms. The number of anilines is 1. The van der Waals surface area contributed by atoms with Crippen molar-refractivity contribution in [2.45, 2.75) is 70.6 Å². The standard InChI is InChI=1S/C22H31N3O/c1-22(2,3)18-11-13-19(14-12-18)24-21(17-8-7-15-23-16-17)26-25-20-9-5-4-6-10-20/h7-8,11-16,20-21,24-25H,4-6,9-10H2,1-3H3. The zero-order valence-electron chi connectivity index (χ0n) is 16.2. The predicted molar refractivity (Wildman–Crippen MR) is 107 cm³/mol. The molecule has 1 aromatic carbocycles. The first kappa shape index (κ1) is 18.9. The van der Waals surface area contributed by atoms with Gasteiger partial charge in [0.2, 0.25) is 0 Å². The van der Waals surface area contributed by atoms with Gasteiger partial charge >= 0.3 is 0 Å². The fourth-order valence-electron chi connectivity index (χ4n) is 3.31. The third-order valence-corrected chi connectivity index (χ3v) is 4.99. The number of hydroxylamine groups is 1. The predicted octanol–water partition coefficient (Wildman–Crippen LogP) is 5.34. The molecule has 1 fully saturated rings. The first-order valence-electron chi connectivity index (χ1n) is 9.70. The monoisotopic (exact) mass is 353 g/mol. The number of pyridine rings is 1. The van der Waals surface area contributed by atoms with Crippen molar-refractivity contribution in [1.29, 1.82) is 0 Å². The van der Waals surface area contributed by atoms with Gasteiger partial charge in [-0.25, -0.2) is 0 Å². The van der Waals surface area contributed by atoms with Gasteiger partial charge in [-0.15, -0.1) is 0 Å². The topological polar surface area (TPSA) is 46.2 Å². The highest BCUT2D eigenvalue weighted by atomic mass is 16.7. The molecule has 0 radical (unpaired) electrons. The number of benzene rings is 1. The molecule has 140 valence electrons. The van der Waals surface area contributed by atoms with Crippen LogP contribution in [0.1, 0.15) is 70.2 Å². The van der Waals surface area contributed by atoms with Crippen LogP contribution in [0.15, 0.2) is 48.8 Å². The van der Waals surface area contributed by atoms with Crippen molar-refractivity contribution in [3.8, 4) is 0 Å². The molecule has 0 saturated heterocycles. The second-order valence-corrected chi connectivity index (χ2v) is 8.21. The van der Waals surface area contributed by atoms with Crippen molar-refractivity contribution < 1.29 is 4.84 Å². The Morgan fingerprint density at radius 2 is 1.77 bits per heavy atom. The van der Waals surface area contributed by atoms with Gasteiger partial charge in [-0.3, -0.25) is 9.82 Å². The highest BCUT2D eigenvalue weighted by molar-refractivity contribution is 5.47. The van der Waals surface area contributed by atoms with Crippen molar-refractivity contribution in [3.63, 3.8) is 0 Å². The van der Waals surface area contributed by atoms with Crippen LogP contribution in [0.3, 0.4) is 0 Å². The van der Waals surface area contributed by atoms with Crippen LogP contribution >= 0.6 is 0 Å². The number of nitrogens with zero attached hydrogens (tertiary/aromatic N) is 1. The fourth-order valence-corrected chi connectivity index (χ4v) is 3.31. The number of rotatable bonds is 6. The van der Waals surface area contributed by atoms with Crippen LogP contribution in [0.5, 0.6) is 0 Å². The Bertz CT molecular complexity index is 658. The van der Waals surface area contributed by atoms with E-state index < -0.39 is 0 Å². The fraction of sp³-hybridized carbons (Fsp3) is 0.500. The molecular formula is C22H31N3O. The summed E-state index contributed by atoms with van der Waals surface area (Å²) in [6.45, 7) is 6.68. The van der Waals surface area contributed by atoms with Crippen LogP contribution in [-0.2, 0) is 10.3 Å². The van der Waals surface area contributed by atoms with Crippen molar-refractivity contribution in [2.75, 3.05) is 5.32 Å². The van der Waals surface area contributed by atoms with E-state index >= 15 is 0 Å². The van der Waals surface area contributed by atoms with Gasteiger partial charge in [0.25, 0.3) is 0 Å². The Morgan fingerprint density at radius 3 is 2.38 bits per heavy atom. The van der Waals surface area contributed by atoms with E-state index in [0.717, 1.165) is 11.3 Å². The molecule has 2 aromatic rings. The number of nitrogens with one attached hydrogen (secondary N) is 2. The van der Waals surface area contributed by atoms with Crippen LogP contribution < -0.4 is 10.8 Å². The lowest BCUT2D eigenvalue weighted by Gasteiger charge is -2.27. The van der Waals surface area contributed by atoms with Crippen molar-refractivity contribution in [1.82, 2.24) is 10.5 Å². The Hall–Kier alpha value is -1.91. The molecule has 0 bridgehead atoms. The van der Waals surface area contributed by atoms with E-state index in [0.29, 0.717) is 6.04 Å². The van der Waals surface area contributed by atoms with E-state index in [1.165, 1.54) is 37.7 Å². The van der Waals surface area contributed by atoms with Gasteiger partial charge in [-0.1, -0.05) is 58.2 Å². The van der Waals surface area contributed by atoms with E-state index in [-0.39, 0.29) is 11.6 Å². The minimum atomic E-state index is -0.272. The van der Waals surface area contributed by atoms with Gasteiger partial charge in [-0.05, 0) is 42.0 Å². The number of hydrogen-bond acceptors (Lipinski definition) is 4. The van der Waals surface area contributed by atoms with Crippen LogP contribution in [0.4, 0.5) is 5.69 Å². The molecule has 3 rings (SSSR count). The van der Waals surface area contributed by atoms with Crippen LogP contribution in [0.2, 0.25) is 0 Å². The third-order valence-electron chi connectivity index (χ3n) is 4.99. The van der Waals surface area contributed by atoms with Gasteiger partial charge in [0.15, 0.2) is 6.23 Å². The molecule has 1 unspecified atom stereocenters. The van der Waals surface area contributed by atoms with Gasteiger partial charge in [0.05, 0.1) is 0 Å². The quantitative estimate of drug-likeness (QED) is 0.543. The summed E-state index contributed by atoms with van der Waals surface area (Å²) in [6, 6.07) is 13.0. The van der Waals surface area contributed by atoms with E-state index in [1.807, 2.05) is 18.3 Å². The first-order chi connectivity index (χ1) is 12.5. The Labute approximate surface area is 157 Å². The smallest absolute Gasteiger partial charge is 0.175 e. The highest BCUT2D eigenvalue weighted by Crippen LogP contribution is 2.26. The second-order valence-electron chi connectivity index (χ2n) is 8.21. The minimum Gasteiger partial charge on any atom is -0.355 e. The molecule has 4 heteroatoms. The molecule has 1 aliphatic carbocycles. The average Bonchev–Trinajstić information content (AvgIpc) is 2.66. The maximum Gasteiger partial charge on any atom is 0.175 e. The highest BCUT2D eigenvalue weighted by Gasteiger charge is 2.18. The third kappa shape index (κ3) is 5.29. The van der Waals surface area contributed by atoms with Crippen LogP contribution in [0, 0.1) is 0 Å². The Balaban J connectivity index is 1.69. The summed E-state index contributed by atoms with van der Waals surface area (Å²) in [5.41, 5.74) is 6.81. The van der Waals surface area contributed by atoms with Gasteiger partial charge in [0.1, 0.15) is 0 Å². The molecule has 1 heterocycles. The zero-order chi connectivity index (χ0) is 18.4. The van der Waals surface area contributed by atoms with Gasteiger partial charge < -0.3 is 5.32 Å². The molecule has 0 amide bonds. The summed E-state index contributed by atoms with van der Waals surface area (Å²) >= 11 is 0. The summed E-state index contributed by atoms with van der Waals surface area (Å²) < 4.78 is 0. The average molecular weight is 354 g/mol. The molecule has 4 nitrogen and oxygen atoms in total. The zero-order valence-corrected chi connectivity index (χ0v) is 16.2. The van der Waals surface area contributed by atoms with E-state index in [9.17, 15) is 0 Å². The van der Waals surface area contributed by atoms with Crippen molar-refractivity contribution in [3.05, 3.63) is 59.9 Å². The lowest BCUT2D eigenvalue weighted by Crippen LogP contribution is -2.34. The normalized spacial score (nSPS) is 17.0. The lowest BCUT2D eigenvalue weighted by molar-refractivity contribution is -0.0385. The van der Waals surface area contributed by atoms with Crippen LogP contribution in [0.25, 0.3) is 0 Å². The largest absolute Gasteiger partial charge is 0.355 e. The molecule has 1 atom stereocenters. The summed E-state index contributed by atoms with van der Waals surface area (Å²) in [5.74, 6) is 0. The van der Waals surface area contributed by atoms with Gasteiger partial charge in [-0.2, -0.15) is 5.48 Å². The summed E-state index contributed by atoms with van der Waals surface area (Å²) in [5, 5.41) is 3.49. The van der Waals surface area contributed by atoms with Crippen molar-refractivity contribution in [2.24, 2.45) is 0 Å². The van der Waals surface area contributed by atoms with E-state index in [4.69, 9.17) is 4.84 Å². The molecule has 1 aromatic heterocycles. The first-order valence-corrected chi connectivity index (χ1v) is 9.70. The molecule has 0 spiro atoms. The molecule has 1 saturated carbocycles. The molecular weight excluding hydrogens is 322 g/mol. The molecule has 0 aliphatic heterocycles. The minimum absolute atomic E-state index is 0.153. The second kappa shape index (κ2) is 8.65. The maximum atomic E-state index is 6.07. The van der Waals surface area contributed by atoms with Gasteiger partial charge in [0, 0.05) is 29.7 Å². The lowest BCUT2D eigenvalue weighted by atomic mass is 9.87. The van der Waals surface area contributed by atoms with E-state index in [2.05, 4.69) is 60.8 Å². The molecule has 1 aliphatic rings. The van der Waals surface area contributed by atoms with E-state index in [1.54, 1.807) is 6.20 Å². The maximum absolute atomic E-state index is 6.07. The van der Waals surface area contributed by atoms with Crippen LogP contribution in [-0.4, -0.2) is 11.0 Å². The van der Waals surface area contributed by atoms with Crippen molar-refractivity contribution >= 4 is 5.69 Å². The number of hydrogen-bond donors (Lipinski definition) is 2. The Morgan fingerprint density at radius 1 is 1.04 bits per heavy atom. The summed E-state index contributed by atoms with van der Waals surface area (Å²) in [4.78, 5) is 10.3. The summed E-state index contributed by atoms with van der Waals surface area (Å²) in [7, 11) is 0. The summed E-state index contributed by atoms with van der Waals surface area (Å²) in [6.07, 6.45) is 9.62.